The van der Waals surface area contributed by atoms with Crippen molar-refractivity contribution in [3.05, 3.63) is 248 Å². The zero-order valence-electron chi connectivity index (χ0n) is 38.6. The highest BCUT2D eigenvalue weighted by Gasteiger charge is 2.23. The molecular weight excluding hydrogens is 879 g/mol. The molecule has 0 aliphatic rings. The number of rotatable bonds is 8. The zero-order chi connectivity index (χ0) is 48.1. The lowest BCUT2D eigenvalue weighted by molar-refractivity contribution is 1.06. The first-order chi connectivity index (χ1) is 35.6. The maximum absolute atomic E-state index is 9.86. The molecule has 3 heterocycles. The minimum Gasteiger partial charge on any atom is -0.309 e. The Hall–Kier alpha value is -10.2. The second-order valence-corrected chi connectivity index (χ2v) is 17.8. The smallest absolute Gasteiger partial charge is 0.166 e. The number of nitriles is 2. The van der Waals surface area contributed by atoms with Gasteiger partial charge in [-0.1, -0.05) is 158 Å². The van der Waals surface area contributed by atoms with Gasteiger partial charge in [0.15, 0.2) is 17.5 Å². The third kappa shape index (κ3) is 7.17. The Morgan fingerprint density at radius 2 is 0.694 bits per heavy atom. The van der Waals surface area contributed by atoms with E-state index in [9.17, 15) is 10.5 Å². The highest BCUT2D eigenvalue weighted by atomic mass is 15.1. The van der Waals surface area contributed by atoms with Gasteiger partial charge in [-0.25, -0.2) is 15.0 Å². The molecule has 0 saturated carbocycles. The van der Waals surface area contributed by atoms with Crippen LogP contribution in [0.2, 0.25) is 0 Å². The van der Waals surface area contributed by atoms with E-state index in [1.54, 1.807) is 0 Å². The van der Waals surface area contributed by atoms with Crippen LogP contribution in [0, 0.1) is 22.7 Å². The summed E-state index contributed by atoms with van der Waals surface area (Å²) in [5.41, 5.74) is 15.9. The van der Waals surface area contributed by atoms with Crippen LogP contribution in [0.5, 0.6) is 0 Å². The van der Waals surface area contributed by atoms with Crippen molar-refractivity contribution in [1.82, 2.24) is 24.1 Å². The number of aromatic nitrogens is 5. The Balaban J connectivity index is 1.11. The van der Waals surface area contributed by atoms with Crippen molar-refractivity contribution < 1.29 is 0 Å². The van der Waals surface area contributed by atoms with Gasteiger partial charge in [0, 0.05) is 43.8 Å². The van der Waals surface area contributed by atoms with E-state index in [2.05, 4.69) is 149 Å². The molecule has 0 saturated heterocycles. The molecule has 3 aromatic heterocycles. The molecule has 334 valence electrons. The fourth-order valence-corrected chi connectivity index (χ4v) is 10.3. The SMILES string of the molecule is N#Cc1cccc(-c2ccc3c(c2)c2cc(-c4cccc(C#N)c4)ccc2n3-c2ccc(-c3ccccc3-n3c4ccccc4c4ccccc43)cc2-c2nc(-c3ccccc3)nc(-c3ccccc3)n2)c1. The van der Waals surface area contributed by atoms with Gasteiger partial charge in [-0.05, 0) is 107 Å². The minimum absolute atomic E-state index is 0.527. The van der Waals surface area contributed by atoms with Crippen molar-refractivity contribution in [2.45, 2.75) is 0 Å². The molecule has 13 rings (SSSR count). The number of hydrogen-bond acceptors (Lipinski definition) is 5. The predicted octanol–water partition coefficient (Wildman–Crippen LogP) is 15.8. The first-order valence-corrected chi connectivity index (χ1v) is 23.8. The zero-order valence-corrected chi connectivity index (χ0v) is 38.6. The van der Waals surface area contributed by atoms with Gasteiger partial charge in [0.25, 0.3) is 0 Å². The molecule has 0 aliphatic heterocycles. The summed E-state index contributed by atoms with van der Waals surface area (Å²) < 4.78 is 4.69. The van der Waals surface area contributed by atoms with E-state index < -0.39 is 0 Å². The van der Waals surface area contributed by atoms with E-state index in [4.69, 9.17) is 15.0 Å². The molecule has 0 fully saturated rings. The van der Waals surface area contributed by atoms with Crippen LogP contribution in [0.1, 0.15) is 11.1 Å². The van der Waals surface area contributed by atoms with Crippen LogP contribution in [0.3, 0.4) is 0 Å². The van der Waals surface area contributed by atoms with Crippen LogP contribution in [0.4, 0.5) is 0 Å². The van der Waals surface area contributed by atoms with Crippen LogP contribution in [0.25, 0.3) is 123 Å². The summed E-state index contributed by atoms with van der Waals surface area (Å²) in [6.45, 7) is 0. The third-order valence-electron chi connectivity index (χ3n) is 13.6. The van der Waals surface area contributed by atoms with E-state index in [0.29, 0.717) is 28.6 Å². The molecule has 0 amide bonds. The Bertz CT molecular complexity index is 4140. The van der Waals surface area contributed by atoms with Crippen LogP contribution >= 0.6 is 0 Å². The van der Waals surface area contributed by atoms with E-state index >= 15 is 0 Å². The molecule has 7 nitrogen and oxygen atoms in total. The van der Waals surface area contributed by atoms with Gasteiger partial charge in [0.1, 0.15) is 0 Å². The lowest BCUT2D eigenvalue weighted by Gasteiger charge is -2.18. The quantitative estimate of drug-likeness (QED) is 0.151. The number of fused-ring (bicyclic) bond motifs is 6. The summed E-state index contributed by atoms with van der Waals surface area (Å²) in [6, 6.07) is 85.8. The molecule has 72 heavy (non-hydrogen) atoms. The maximum atomic E-state index is 9.86. The normalized spacial score (nSPS) is 11.3. The summed E-state index contributed by atoms with van der Waals surface area (Å²) >= 11 is 0. The van der Waals surface area contributed by atoms with Crippen molar-refractivity contribution >= 4 is 43.6 Å². The van der Waals surface area contributed by atoms with Gasteiger partial charge in [0.05, 0.1) is 56.7 Å². The predicted molar refractivity (Wildman–Crippen MR) is 291 cm³/mol. The Kier molecular flexibility index (Phi) is 10.1. The molecule has 0 spiro atoms. The van der Waals surface area contributed by atoms with E-state index in [1.165, 1.54) is 10.8 Å². The maximum Gasteiger partial charge on any atom is 0.166 e. The second-order valence-electron chi connectivity index (χ2n) is 17.8. The third-order valence-corrected chi connectivity index (χ3v) is 13.6. The lowest BCUT2D eigenvalue weighted by atomic mass is 9.99. The minimum atomic E-state index is 0.527. The average Bonchev–Trinajstić information content (AvgIpc) is 3.97. The second kappa shape index (κ2) is 17.4. The largest absolute Gasteiger partial charge is 0.309 e. The van der Waals surface area contributed by atoms with E-state index in [-0.39, 0.29) is 0 Å². The molecular formula is C65H39N7. The summed E-state index contributed by atoms with van der Waals surface area (Å²) in [7, 11) is 0. The molecule has 0 aliphatic carbocycles. The number of hydrogen-bond donors (Lipinski definition) is 0. The average molecular weight is 918 g/mol. The fourth-order valence-electron chi connectivity index (χ4n) is 10.3. The fraction of sp³-hybridized carbons (Fsp3) is 0. The molecule has 13 aromatic rings. The van der Waals surface area contributed by atoms with E-state index in [1.807, 2.05) is 109 Å². The van der Waals surface area contributed by atoms with Gasteiger partial charge in [-0.3, -0.25) is 0 Å². The Labute approximate surface area is 415 Å². The molecule has 0 unspecified atom stereocenters. The highest BCUT2D eigenvalue weighted by molar-refractivity contribution is 6.13. The van der Waals surface area contributed by atoms with Gasteiger partial charge in [0.2, 0.25) is 0 Å². The molecule has 10 aromatic carbocycles. The molecule has 0 radical (unpaired) electrons. The van der Waals surface area contributed by atoms with Crippen LogP contribution in [-0.2, 0) is 0 Å². The Morgan fingerprint density at radius 1 is 0.278 bits per heavy atom. The summed E-state index contributed by atoms with van der Waals surface area (Å²) in [4.78, 5) is 15.8. The van der Waals surface area contributed by atoms with Crippen LogP contribution in [0.15, 0.2) is 237 Å². The number of nitrogens with zero attached hydrogens (tertiary/aromatic N) is 7. The first kappa shape index (κ1) is 41.9. The summed E-state index contributed by atoms with van der Waals surface area (Å²) in [5.74, 6) is 1.66. The lowest BCUT2D eigenvalue weighted by Crippen LogP contribution is -2.04. The van der Waals surface area contributed by atoms with Crippen LogP contribution < -0.4 is 0 Å². The number of para-hydroxylation sites is 3. The summed E-state index contributed by atoms with van der Waals surface area (Å²) in [5, 5.41) is 24.2. The van der Waals surface area contributed by atoms with Gasteiger partial charge >= 0.3 is 0 Å². The Morgan fingerprint density at radius 3 is 1.24 bits per heavy atom. The van der Waals surface area contributed by atoms with Gasteiger partial charge in [-0.2, -0.15) is 10.5 Å². The van der Waals surface area contributed by atoms with Crippen LogP contribution in [-0.4, -0.2) is 24.1 Å². The van der Waals surface area contributed by atoms with E-state index in [0.717, 1.165) is 94.3 Å². The van der Waals surface area contributed by atoms with Crippen molar-refractivity contribution in [1.29, 1.82) is 10.5 Å². The molecule has 7 heteroatoms. The summed E-state index contributed by atoms with van der Waals surface area (Å²) in [6.07, 6.45) is 0. The topological polar surface area (TPSA) is 96.1 Å². The van der Waals surface area contributed by atoms with Gasteiger partial charge in [-0.15, -0.1) is 0 Å². The van der Waals surface area contributed by atoms with Crippen molar-refractivity contribution in [3.63, 3.8) is 0 Å². The number of benzene rings is 10. The molecule has 0 bridgehead atoms. The van der Waals surface area contributed by atoms with Crippen molar-refractivity contribution in [3.8, 4) is 91.1 Å². The van der Waals surface area contributed by atoms with Gasteiger partial charge < -0.3 is 9.13 Å². The monoisotopic (exact) mass is 917 g/mol. The van der Waals surface area contributed by atoms with Crippen molar-refractivity contribution in [2.24, 2.45) is 0 Å². The molecule has 0 atom stereocenters. The first-order valence-electron chi connectivity index (χ1n) is 23.8. The standard InChI is InChI=1S/C65H39N7/c66-40-42-15-13-21-46(35-42)48-29-32-60-54(37-48)55-38-49(47-22-14-16-43(36-47)41-67)30-33-61(55)72(60)62-34-31-50(51-23-7-10-26-57(51)71-58-27-11-8-24-52(58)53-25-9-12-28-59(53)71)39-56(62)65-69-63(44-17-3-1-4-18-44)68-64(70-65)45-19-5-2-6-20-45/h1-39H. The highest BCUT2D eigenvalue weighted by Crippen LogP contribution is 2.43. The molecule has 0 N–H and O–H groups in total. The van der Waals surface area contributed by atoms with Crippen molar-refractivity contribution in [2.75, 3.05) is 0 Å².